The van der Waals surface area contributed by atoms with Crippen LogP contribution in [0.1, 0.15) is 30.9 Å². The average molecular weight is 265 g/mol. The third kappa shape index (κ3) is 4.17. The molecule has 1 N–H and O–H groups in total. The van der Waals surface area contributed by atoms with Crippen LogP contribution in [0.2, 0.25) is 0 Å². The van der Waals surface area contributed by atoms with Crippen LogP contribution in [0.4, 0.5) is 0 Å². The van der Waals surface area contributed by atoms with Crippen LogP contribution in [0.25, 0.3) is 0 Å². The fraction of sp³-hybridized carbons (Fsp3) is 0.429. The van der Waals surface area contributed by atoms with Gasteiger partial charge in [0.15, 0.2) is 9.84 Å². The Morgan fingerprint density at radius 2 is 1.94 bits per heavy atom. The van der Waals surface area contributed by atoms with Crippen molar-refractivity contribution in [1.82, 2.24) is 5.32 Å². The second-order valence-electron chi connectivity index (χ2n) is 4.28. The summed E-state index contributed by atoms with van der Waals surface area (Å²) in [5.74, 6) is 2.62. The molecule has 0 aromatic heterocycles. The monoisotopic (exact) mass is 265 g/mol. The maximum atomic E-state index is 11.4. The fourth-order valence-electron chi connectivity index (χ4n) is 1.83. The Hall–Kier alpha value is -1.31. The molecule has 1 unspecified atom stereocenters. The van der Waals surface area contributed by atoms with Crippen molar-refractivity contribution in [3.8, 4) is 12.3 Å². The van der Waals surface area contributed by atoms with Gasteiger partial charge in [-0.15, -0.1) is 12.3 Å². The normalized spacial score (nSPS) is 12.9. The zero-order valence-electron chi connectivity index (χ0n) is 10.8. The molecule has 0 aliphatic rings. The van der Waals surface area contributed by atoms with E-state index >= 15 is 0 Å². The first kappa shape index (κ1) is 14.7. The van der Waals surface area contributed by atoms with E-state index in [0.717, 1.165) is 24.8 Å². The third-order valence-electron chi connectivity index (χ3n) is 2.87. The van der Waals surface area contributed by atoms with Gasteiger partial charge in [-0.25, -0.2) is 8.42 Å². The van der Waals surface area contributed by atoms with Gasteiger partial charge in [-0.2, -0.15) is 0 Å². The maximum Gasteiger partial charge on any atom is 0.175 e. The molecule has 1 aromatic carbocycles. The lowest BCUT2D eigenvalue weighted by Gasteiger charge is -2.16. The van der Waals surface area contributed by atoms with Gasteiger partial charge in [0.1, 0.15) is 0 Å². The van der Waals surface area contributed by atoms with Crippen LogP contribution in [0, 0.1) is 12.3 Å². The number of hydrogen-bond donors (Lipinski definition) is 1. The Kier molecular flexibility index (Phi) is 5.39. The smallest absolute Gasteiger partial charge is 0.175 e. The van der Waals surface area contributed by atoms with E-state index in [-0.39, 0.29) is 6.04 Å². The van der Waals surface area contributed by atoms with E-state index in [4.69, 9.17) is 6.42 Å². The molecule has 0 amide bonds. The first-order chi connectivity index (χ1) is 8.49. The molecule has 0 radical (unpaired) electrons. The van der Waals surface area contributed by atoms with E-state index in [9.17, 15) is 8.42 Å². The molecule has 0 saturated heterocycles. The minimum Gasteiger partial charge on any atom is -0.313 e. The summed E-state index contributed by atoms with van der Waals surface area (Å²) in [6, 6.07) is 7.22. The molecule has 0 aliphatic heterocycles. The lowest BCUT2D eigenvalue weighted by molar-refractivity contribution is 0.531. The Morgan fingerprint density at radius 1 is 1.33 bits per heavy atom. The number of benzene rings is 1. The molecule has 1 atom stereocenters. The Morgan fingerprint density at radius 3 is 2.39 bits per heavy atom. The molecule has 0 aliphatic carbocycles. The van der Waals surface area contributed by atoms with Gasteiger partial charge in [0.05, 0.1) is 4.90 Å². The second-order valence-corrected chi connectivity index (χ2v) is 6.29. The highest BCUT2D eigenvalue weighted by molar-refractivity contribution is 7.90. The van der Waals surface area contributed by atoms with E-state index in [1.165, 1.54) is 6.26 Å². The van der Waals surface area contributed by atoms with Crippen LogP contribution < -0.4 is 5.32 Å². The predicted octanol–water partition coefficient (Wildman–Crippen LogP) is 2.15. The molecule has 18 heavy (non-hydrogen) atoms. The average Bonchev–Trinajstić information content (AvgIpc) is 2.34. The largest absolute Gasteiger partial charge is 0.313 e. The quantitative estimate of drug-likeness (QED) is 0.633. The van der Waals surface area contributed by atoms with Gasteiger partial charge in [0, 0.05) is 18.7 Å². The van der Waals surface area contributed by atoms with Crippen LogP contribution in [-0.4, -0.2) is 21.7 Å². The highest BCUT2D eigenvalue weighted by atomic mass is 32.2. The second kappa shape index (κ2) is 6.58. The summed E-state index contributed by atoms with van der Waals surface area (Å²) in [6.07, 6.45) is 9.10. The third-order valence-corrected chi connectivity index (χ3v) is 4.00. The van der Waals surface area contributed by atoms with Crippen molar-refractivity contribution in [3.05, 3.63) is 29.8 Å². The van der Waals surface area contributed by atoms with E-state index in [2.05, 4.69) is 11.2 Å². The molecule has 0 saturated carbocycles. The summed E-state index contributed by atoms with van der Waals surface area (Å²) in [5.41, 5.74) is 1.09. The number of nitrogens with one attached hydrogen (secondary N) is 1. The van der Waals surface area contributed by atoms with Crippen LogP contribution in [0.15, 0.2) is 29.2 Å². The van der Waals surface area contributed by atoms with Gasteiger partial charge in [-0.05, 0) is 37.6 Å². The number of unbranched alkanes of at least 4 members (excludes halogenated alkanes) is 1. The van der Waals surface area contributed by atoms with E-state index in [0.29, 0.717) is 4.90 Å². The minimum atomic E-state index is -3.12. The number of terminal acetylenes is 1. The van der Waals surface area contributed by atoms with Gasteiger partial charge in [-0.1, -0.05) is 12.1 Å². The van der Waals surface area contributed by atoms with E-state index in [1.54, 1.807) is 12.1 Å². The van der Waals surface area contributed by atoms with Gasteiger partial charge < -0.3 is 5.32 Å². The lowest BCUT2D eigenvalue weighted by Crippen LogP contribution is -2.16. The number of sulfone groups is 1. The molecule has 1 rings (SSSR count). The first-order valence-electron chi connectivity index (χ1n) is 5.89. The molecular weight excluding hydrogens is 246 g/mol. The number of hydrogen-bond acceptors (Lipinski definition) is 3. The zero-order valence-corrected chi connectivity index (χ0v) is 11.6. The van der Waals surface area contributed by atoms with Crippen LogP contribution in [0.3, 0.4) is 0 Å². The zero-order chi connectivity index (χ0) is 13.6. The van der Waals surface area contributed by atoms with Gasteiger partial charge in [0.2, 0.25) is 0 Å². The van der Waals surface area contributed by atoms with Crippen LogP contribution in [-0.2, 0) is 9.84 Å². The van der Waals surface area contributed by atoms with Crippen LogP contribution in [0.5, 0.6) is 0 Å². The predicted molar refractivity (Wildman–Crippen MR) is 74.0 cm³/mol. The summed E-state index contributed by atoms with van der Waals surface area (Å²) in [4.78, 5) is 0.352. The molecule has 0 spiro atoms. The lowest BCUT2D eigenvalue weighted by atomic mass is 10.0. The SMILES string of the molecule is C#CCCCC(NC)c1ccc(S(C)(=O)=O)cc1. The first-order valence-corrected chi connectivity index (χ1v) is 7.79. The Balaban J connectivity index is 2.79. The Bertz CT molecular complexity index is 512. The number of rotatable bonds is 6. The highest BCUT2D eigenvalue weighted by Crippen LogP contribution is 2.20. The highest BCUT2D eigenvalue weighted by Gasteiger charge is 2.11. The summed E-state index contributed by atoms with van der Waals surface area (Å²) in [5, 5.41) is 3.22. The minimum absolute atomic E-state index is 0.215. The van der Waals surface area contributed by atoms with Crippen molar-refractivity contribution in [2.24, 2.45) is 0 Å². The van der Waals surface area contributed by atoms with Gasteiger partial charge >= 0.3 is 0 Å². The maximum absolute atomic E-state index is 11.4. The van der Waals surface area contributed by atoms with Crippen molar-refractivity contribution < 1.29 is 8.42 Å². The molecule has 1 aromatic rings. The fourth-order valence-corrected chi connectivity index (χ4v) is 2.46. The topological polar surface area (TPSA) is 46.2 Å². The summed E-state index contributed by atoms with van der Waals surface area (Å²) >= 11 is 0. The Labute approximate surface area is 110 Å². The molecule has 98 valence electrons. The molecule has 4 heteroatoms. The molecule has 0 fully saturated rings. The standard InChI is InChI=1S/C14H19NO2S/c1-4-5-6-7-14(15-2)12-8-10-13(11-9-12)18(3,16)17/h1,8-11,14-15H,5-7H2,2-3H3. The van der Waals surface area contributed by atoms with Crippen molar-refractivity contribution in [1.29, 1.82) is 0 Å². The van der Waals surface area contributed by atoms with E-state index in [1.807, 2.05) is 19.2 Å². The summed E-state index contributed by atoms with van der Waals surface area (Å²) in [7, 11) is -1.23. The molecular formula is C14H19NO2S. The van der Waals surface area contributed by atoms with Crippen molar-refractivity contribution in [2.45, 2.75) is 30.2 Å². The van der Waals surface area contributed by atoms with Crippen molar-refractivity contribution >= 4 is 9.84 Å². The molecule has 3 nitrogen and oxygen atoms in total. The summed E-state index contributed by atoms with van der Waals surface area (Å²) in [6.45, 7) is 0. The van der Waals surface area contributed by atoms with Crippen molar-refractivity contribution in [2.75, 3.05) is 13.3 Å². The van der Waals surface area contributed by atoms with Crippen LogP contribution >= 0.6 is 0 Å². The molecule has 0 heterocycles. The summed E-state index contributed by atoms with van der Waals surface area (Å²) < 4.78 is 22.7. The van der Waals surface area contributed by atoms with Gasteiger partial charge in [-0.3, -0.25) is 0 Å². The molecule has 0 bridgehead atoms. The van der Waals surface area contributed by atoms with Crippen molar-refractivity contribution in [3.63, 3.8) is 0 Å². The van der Waals surface area contributed by atoms with E-state index < -0.39 is 9.84 Å². The van der Waals surface area contributed by atoms with Gasteiger partial charge in [0.25, 0.3) is 0 Å².